The van der Waals surface area contributed by atoms with Crippen molar-refractivity contribution in [3.8, 4) is 23.6 Å². The topological polar surface area (TPSA) is 101 Å². The second kappa shape index (κ2) is 5.33. The van der Waals surface area contributed by atoms with E-state index in [1.807, 2.05) is 0 Å². The van der Waals surface area contributed by atoms with Crippen LogP contribution in [0.4, 0.5) is 10.1 Å². The predicted octanol–water partition coefficient (Wildman–Crippen LogP) is 1.35. The first-order valence-corrected chi connectivity index (χ1v) is 4.32. The number of hydrogen-bond donors (Lipinski definition) is 2. The molecule has 0 aliphatic heterocycles. The molecule has 0 aromatic heterocycles. The molecule has 0 heterocycles. The Hall–Kier alpha value is -2.80. The van der Waals surface area contributed by atoms with Gasteiger partial charge in [0.25, 0.3) is 0 Å². The van der Waals surface area contributed by atoms with Crippen molar-refractivity contribution in [3.63, 3.8) is 0 Å². The molecule has 1 rings (SSSR count). The summed E-state index contributed by atoms with van der Waals surface area (Å²) >= 11 is 0. The van der Waals surface area contributed by atoms with E-state index in [4.69, 9.17) is 20.4 Å². The number of nitrogens with zero attached hydrogens (tertiary/aromatic N) is 3. The average molecular weight is 234 g/mol. The van der Waals surface area contributed by atoms with Crippen molar-refractivity contribution in [2.75, 3.05) is 12.5 Å². The van der Waals surface area contributed by atoms with Crippen LogP contribution in [0.25, 0.3) is 0 Å². The monoisotopic (exact) mass is 234 g/mol. The number of rotatable bonds is 3. The molecule has 0 radical (unpaired) electrons. The minimum Gasteiger partial charge on any atom is -0.505 e. The Morgan fingerprint density at radius 1 is 1.47 bits per heavy atom. The standard InChI is InChI=1S/C10H7FN4O2/c1-17-10-2-7(11)9(16)3-8(10)15-14-6(4-12)5-13/h2-3,15-16H,1H3. The van der Waals surface area contributed by atoms with Crippen LogP contribution in [0, 0.1) is 28.5 Å². The molecule has 86 valence electrons. The molecule has 2 N–H and O–H groups in total. The van der Waals surface area contributed by atoms with Crippen molar-refractivity contribution in [1.29, 1.82) is 10.5 Å². The molecule has 6 nitrogen and oxygen atoms in total. The molecule has 17 heavy (non-hydrogen) atoms. The second-order valence-electron chi connectivity index (χ2n) is 2.80. The van der Waals surface area contributed by atoms with Gasteiger partial charge in [-0.25, -0.2) is 4.39 Å². The first kappa shape index (κ1) is 12.3. The number of halogens is 1. The Morgan fingerprint density at radius 2 is 2.12 bits per heavy atom. The summed E-state index contributed by atoms with van der Waals surface area (Å²) < 4.78 is 17.8. The van der Waals surface area contributed by atoms with Gasteiger partial charge in [0.1, 0.15) is 23.6 Å². The summed E-state index contributed by atoms with van der Waals surface area (Å²) in [6.07, 6.45) is 0. The maximum Gasteiger partial charge on any atom is 0.237 e. The van der Waals surface area contributed by atoms with Crippen molar-refractivity contribution in [2.45, 2.75) is 0 Å². The summed E-state index contributed by atoms with van der Waals surface area (Å²) in [5.74, 6) is -1.37. The number of hydrazone groups is 1. The fourth-order valence-corrected chi connectivity index (χ4v) is 0.991. The average Bonchev–Trinajstić information content (AvgIpc) is 2.34. The molecule has 0 fully saturated rings. The zero-order chi connectivity index (χ0) is 12.8. The van der Waals surface area contributed by atoms with Crippen LogP contribution in [0.15, 0.2) is 17.2 Å². The van der Waals surface area contributed by atoms with Crippen molar-refractivity contribution >= 4 is 11.4 Å². The molecule has 0 aliphatic carbocycles. The molecule has 0 bridgehead atoms. The van der Waals surface area contributed by atoms with E-state index in [0.717, 1.165) is 12.1 Å². The second-order valence-corrected chi connectivity index (χ2v) is 2.80. The molecule has 0 aliphatic rings. The first-order valence-electron chi connectivity index (χ1n) is 4.32. The lowest BCUT2D eigenvalue weighted by atomic mass is 10.2. The highest BCUT2D eigenvalue weighted by molar-refractivity contribution is 6.10. The lowest BCUT2D eigenvalue weighted by Gasteiger charge is -2.08. The van der Waals surface area contributed by atoms with E-state index in [0.29, 0.717) is 0 Å². The highest BCUT2D eigenvalue weighted by Gasteiger charge is 2.09. The summed E-state index contributed by atoms with van der Waals surface area (Å²) in [6.45, 7) is 0. The van der Waals surface area contributed by atoms with Gasteiger partial charge >= 0.3 is 0 Å². The number of hydrogen-bond acceptors (Lipinski definition) is 6. The Labute approximate surface area is 96.2 Å². The Bertz CT molecular complexity index is 526. The van der Waals surface area contributed by atoms with Gasteiger partial charge in [0.05, 0.1) is 7.11 Å². The molecule has 0 atom stereocenters. The van der Waals surface area contributed by atoms with E-state index in [1.54, 1.807) is 0 Å². The number of aromatic hydroxyl groups is 1. The third kappa shape index (κ3) is 2.83. The van der Waals surface area contributed by atoms with E-state index in [9.17, 15) is 4.39 Å². The third-order valence-corrected chi connectivity index (χ3v) is 1.77. The molecule has 0 spiro atoms. The van der Waals surface area contributed by atoms with Crippen LogP contribution in [0.2, 0.25) is 0 Å². The Kier molecular flexibility index (Phi) is 3.85. The number of methoxy groups -OCH3 is 1. The van der Waals surface area contributed by atoms with Crippen LogP contribution in [0.1, 0.15) is 0 Å². The SMILES string of the molecule is COc1cc(F)c(O)cc1NN=C(C#N)C#N. The van der Waals surface area contributed by atoms with Crippen LogP contribution < -0.4 is 10.2 Å². The lowest BCUT2D eigenvalue weighted by molar-refractivity contribution is 0.401. The molecule has 1 aromatic rings. The highest BCUT2D eigenvalue weighted by Crippen LogP contribution is 2.31. The van der Waals surface area contributed by atoms with Gasteiger partial charge in [0.2, 0.25) is 5.71 Å². The van der Waals surface area contributed by atoms with Gasteiger partial charge in [0, 0.05) is 12.1 Å². The van der Waals surface area contributed by atoms with E-state index in [2.05, 4.69) is 10.5 Å². The van der Waals surface area contributed by atoms with Crippen molar-refractivity contribution < 1.29 is 14.2 Å². The number of anilines is 1. The number of benzene rings is 1. The molecule has 0 amide bonds. The number of nitriles is 2. The molecule has 0 saturated heterocycles. The van der Waals surface area contributed by atoms with Crippen molar-refractivity contribution in [2.24, 2.45) is 5.10 Å². The first-order chi connectivity index (χ1) is 8.12. The van der Waals surface area contributed by atoms with Gasteiger partial charge in [-0.2, -0.15) is 15.6 Å². The molecular weight excluding hydrogens is 227 g/mol. The van der Waals surface area contributed by atoms with Gasteiger partial charge in [-0.05, 0) is 0 Å². The molecule has 1 aromatic carbocycles. The van der Waals surface area contributed by atoms with Gasteiger partial charge in [-0.1, -0.05) is 0 Å². The maximum atomic E-state index is 13.0. The van der Waals surface area contributed by atoms with E-state index >= 15 is 0 Å². The summed E-state index contributed by atoms with van der Waals surface area (Å²) in [7, 11) is 1.30. The van der Waals surface area contributed by atoms with Gasteiger partial charge < -0.3 is 9.84 Å². The minimum atomic E-state index is -0.850. The van der Waals surface area contributed by atoms with Crippen LogP contribution >= 0.6 is 0 Å². The smallest absolute Gasteiger partial charge is 0.237 e. The zero-order valence-electron chi connectivity index (χ0n) is 8.73. The summed E-state index contributed by atoms with van der Waals surface area (Å²) in [5, 5.41) is 29.5. The number of phenolic OH excluding ortho intramolecular Hbond substituents is 1. The fourth-order valence-electron chi connectivity index (χ4n) is 0.991. The van der Waals surface area contributed by atoms with Gasteiger partial charge in [-0.15, -0.1) is 0 Å². The van der Waals surface area contributed by atoms with Gasteiger partial charge in [0.15, 0.2) is 11.6 Å². The van der Waals surface area contributed by atoms with Crippen LogP contribution in [-0.4, -0.2) is 17.9 Å². The number of nitrogens with one attached hydrogen (secondary N) is 1. The molecule has 0 unspecified atom stereocenters. The summed E-state index contributed by atoms with van der Waals surface area (Å²) in [4.78, 5) is 0. The lowest BCUT2D eigenvalue weighted by Crippen LogP contribution is -1.99. The zero-order valence-corrected chi connectivity index (χ0v) is 8.73. The van der Waals surface area contributed by atoms with Crippen LogP contribution in [-0.2, 0) is 0 Å². The summed E-state index contributed by atoms with van der Waals surface area (Å²) in [6, 6.07) is 5.05. The van der Waals surface area contributed by atoms with Crippen molar-refractivity contribution in [3.05, 3.63) is 17.9 Å². The summed E-state index contributed by atoms with van der Waals surface area (Å²) in [5.41, 5.74) is 2.05. The highest BCUT2D eigenvalue weighted by atomic mass is 19.1. The van der Waals surface area contributed by atoms with Gasteiger partial charge in [-0.3, -0.25) is 5.43 Å². The fraction of sp³-hybridized carbons (Fsp3) is 0.100. The Morgan fingerprint density at radius 3 is 2.65 bits per heavy atom. The third-order valence-electron chi connectivity index (χ3n) is 1.77. The maximum absolute atomic E-state index is 13.0. The Balaban J connectivity index is 3.08. The number of phenols is 1. The minimum absolute atomic E-state index is 0.0827. The predicted molar refractivity (Wildman–Crippen MR) is 56.9 cm³/mol. The molecule has 0 saturated carbocycles. The van der Waals surface area contributed by atoms with Crippen molar-refractivity contribution in [1.82, 2.24) is 0 Å². The van der Waals surface area contributed by atoms with E-state index < -0.39 is 17.3 Å². The quantitative estimate of drug-likeness (QED) is 0.607. The van der Waals surface area contributed by atoms with E-state index in [1.165, 1.54) is 19.2 Å². The van der Waals surface area contributed by atoms with E-state index in [-0.39, 0.29) is 11.4 Å². The number of ether oxygens (including phenoxy) is 1. The normalized spacial score (nSPS) is 8.71. The molecule has 7 heteroatoms. The molecular formula is C10H7FN4O2. The van der Waals surface area contributed by atoms with Crippen LogP contribution in [0.5, 0.6) is 11.5 Å². The van der Waals surface area contributed by atoms with Crippen LogP contribution in [0.3, 0.4) is 0 Å². The largest absolute Gasteiger partial charge is 0.505 e.